The first-order chi connectivity index (χ1) is 8.10. The van der Waals surface area contributed by atoms with E-state index in [1.165, 1.54) is 0 Å². The molecule has 0 radical (unpaired) electrons. The third kappa shape index (κ3) is 7.82. The second-order valence-electron chi connectivity index (χ2n) is 3.68. The predicted molar refractivity (Wildman–Crippen MR) is 71.5 cm³/mol. The molecule has 7 heteroatoms. The maximum Gasteiger partial charge on any atom is 0.667 e. The van der Waals surface area contributed by atoms with Crippen LogP contribution in [-0.2, 0) is 22.1 Å². The minimum absolute atomic E-state index is 0.634. The van der Waals surface area contributed by atoms with Gasteiger partial charge in [-0.15, -0.1) is 0 Å². The van der Waals surface area contributed by atoms with Crippen molar-refractivity contribution in [2.24, 2.45) is 0 Å². The van der Waals surface area contributed by atoms with Crippen molar-refractivity contribution in [3.8, 4) is 0 Å². The van der Waals surface area contributed by atoms with Gasteiger partial charge in [0.2, 0.25) is 0 Å². The molecule has 17 heavy (non-hydrogen) atoms. The van der Waals surface area contributed by atoms with Crippen molar-refractivity contribution in [3.63, 3.8) is 0 Å². The number of ether oxygens (including phenoxy) is 1. The largest absolute Gasteiger partial charge is 0.667 e. The monoisotopic (exact) mass is 280 g/mol. The van der Waals surface area contributed by atoms with E-state index in [1.807, 2.05) is 6.92 Å². The average Bonchev–Trinajstić information content (AvgIpc) is 2.33. The van der Waals surface area contributed by atoms with Gasteiger partial charge in [0.15, 0.2) is 9.76 Å². The molecule has 0 spiro atoms. The summed E-state index contributed by atoms with van der Waals surface area (Å²) in [5.41, 5.74) is 1.04. The van der Waals surface area contributed by atoms with Crippen LogP contribution in [0.25, 0.3) is 0 Å². The Morgan fingerprint density at radius 2 is 1.76 bits per heavy atom. The zero-order valence-electron chi connectivity index (χ0n) is 11.3. The smallest absolute Gasteiger partial charge is 0.400 e. The lowest BCUT2D eigenvalue weighted by atomic mass is 10.4. The van der Waals surface area contributed by atoms with E-state index in [0.717, 1.165) is 24.6 Å². The molecule has 0 aromatic rings. The van der Waals surface area contributed by atoms with Gasteiger partial charge in [0, 0.05) is 27.9 Å². The summed E-state index contributed by atoms with van der Waals surface area (Å²) in [6, 6.07) is 1.01. The Bertz CT molecular complexity index is 201. The van der Waals surface area contributed by atoms with Gasteiger partial charge in [-0.1, -0.05) is 12.2 Å². The summed E-state index contributed by atoms with van der Waals surface area (Å²) < 4.78 is 26.5. The highest BCUT2D eigenvalue weighted by atomic mass is 28.4. The van der Waals surface area contributed by atoms with Gasteiger partial charge in [-0.3, -0.25) is 0 Å². The van der Waals surface area contributed by atoms with Gasteiger partial charge in [0.1, 0.15) is 0 Å². The van der Waals surface area contributed by atoms with Crippen molar-refractivity contribution in [1.82, 2.24) is 0 Å². The molecular formula is C10H24O5Si2. The van der Waals surface area contributed by atoms with Gasteiger partial charge in [0.25, 0.3) is 0 Å². The molecule has 0 aliphatic carbocycles. The lowest BCUT2D eigenvalue weighted by Gasteiger charge is -2.23. The lowest BCUT2D eigenvalue weighted by Crippen LogP contribution is -2.47. The molecule has 0 unspecified atom stereocenters. The summed E-state index contributed by atoms with van der Waals surface area (Å²) in [4.78, 5) is 0. The van der Waals surface area contributed by atoms with E-state index in [0.29, 0.717) is 6.61 Å². The molecule has 0 aromatic carbocycles. The van der Waals surface area contributed by atoms with Crippen molar-refractivity contribution in [2.75, 3.05) is 34.5 Å². The summed E-state index contributed by atoms with van der Waals surface area (Å²) in [7, 11) is 1.15. The van der Waals surface area contributed by atoms with Crippen LogP contribution < -0.4 is 0 Å². The van der Waals surface area contributed by atoms with E-state index in [1.54, 1.807) is 21.3 Å². The van der Waals surface area contributed by atoms with Crippen LogP contribution in [0.15, 0.2) is 12.2 Å². The van der Waals surface area contributed by atoms with Crippen LogP contribution in [0.3, 0.4) is 0 Å². The molecule has 0 aliphatic heterocycles. The van der Waals surface area contributed by atoms with Gasteiger partial charge in [0.05, 0.1) is 6.61 Å². The third-order valence-electron chi connectivity index (χ3n) is 2.06. The Morgan fingerprint density at radius 3 is 2.24 bits per heavy atom. The third-order valence-corrected chi connectivity index (χ3v) is 6.58. The van der Waals surface area contributed by atoms with Crippen LogP contribution in [0.1, 0.15) is 13.3 Å². The second-order valence-corrected chi connectivity index (χ2v) is 8.17. The summed E-state index contributed by atoms with van der Waals surface area (Å²) in [5, 5.41) is 0. The van der Waals surface area contributed by atoms with Crippen LogP contribution in [0.2, 0.25) is 6.04 Å². The van der Waals surface area contributed by atoms with E-state index < -0.39 is 18.8 Å². The molecule has 5 nitrogen and oxygen atoms in total. The highest BCUT2D eigenvalue weighted by molar-refractivity contribution is 6.60. The molecule has 0 fully saturated rings. The van der Waals surface area contributed by atoms with Gasteiger partial charge < -0.3 is 22.1 Å². The van der Waals surface area contributed by atoms with Crippen LogP contribution in [-0.4, -0.2) is 53.4 Å². The molecule has 0 heterocycles. The van der Waals surface area contributed by atoms with Crippen LogP contribution in [0.5, 0.6) is 0 Å². The summed E-state index contributed by atoms with van der Waals surface area (Å²) in [6.45, 7) is 7.10. The van der Waals surface area contributed by atoms with Crippen LogP contribution in [0, 0.1) is 0 Å². The summed E-state index contributed by atoms with van der Waals surface area (Å²) >= 11 is 0. The van der Waals surface area contributed by atoms with E-state index in [9.17, 15) is 0 Å². The molecule has 0 saturated carbocycles. The van der Waals surface area contributed by atoms with Crippen molar-refractivity contribution in [1.29, 1.82) is 0 Å². The Labute approximate surface area is 107 Å². The van der Waals surface area contributed by atoms with Gasteiger partial charge >= 0.3 is 9.05 Å². The predicted octanol–water partition coefficient (Wildman–Crippen LogP) is 0.863. The Morgan fingerprint density at radius 1 is 1.18 bits per heavy atom. The van der Waals surface area contributed by atoms with Gasteiger partial charge in [-0.05, 0) is 19.4 Å². The molecule has 0 N–H and O–H groups in total. The first-order valence-corrected chi connectivity index (χ1v) is 8.82. The first kappa shape index (κ1) is 17.0. The van der Waals surface area contributed by atoms with Gasteiger partial charge in [-0.2, -0.15) is 0 Å². The summed E-state index contributed by atoms with van der Waals surface area (Å²) in [6.07, 6.45) is 0.987. The van der Waals surface area contributed by atoms with Crippen molar-refractivity contribution in [2.45, 2.75) is 19.4 Å². The van der Waals surface area contributed by atoms with Crippen molar-refractivity contribution < 1.29 is 22.1 Å². The minimum Gasteiger partial charge on any atom is -0.400 e. The zero-order valence-corrected chi connectivity index (χ0v) is 13.7. The van der Waals surface area contributed by atoms with Gasteiger partial charge in [-0.25, -0.2) is 0 Å². The Kier molecular flexibility index (Phi) is 9.93. The molecule has 0 aromatic heterocycles. The molecular weight excluding hydrogens is 256 g/mol. The second kappa shape index (κ2) is 9.95. The van der Waals surface area contributed by atoms with Crippen molar-refractivity contribution in [3.05, 3.63) is 12.2 Å². The lowest BCUT2D eigenvalue weighted by molar-refractivity contribution is 0.0521. The highest BCUT2D eigenvalue weighted by Crippen LogP contribution is 2.08. The topological polar surface area (TPSA) is 46.2 Å². The zero-order chi connectivity index (χ0) is 13.1. The molecule has 0 bridgehead atoms. The van der Waals surface area contributed by atoms with E-state index in [-0.39, 0.29) is 0 Å². The fourth-order valence-corrected chi connectivity index (χ4v) is 5.08. The molecule has 0 rings (SSSR count). The quantitative estimate of drug-likeness (QED) is 0.319. The SMILES string of the molecule is C=C(C)COCCC[SiH2]O[Si](OC)(OC)OC. The summed E-state index contributed by atoms with van der Waals surface area (Å²) in [5.74, 6) is 0. The van der Waals surface area contributed by atoms with Crippen molar-refractivity contribution >= 4 is 18.8 Å². The maximum absolute atomic E-state index is 5.64. The highest BCUT2D eigenvalue weighted by Gasteiger charge is 2.41. The maximum atomic E-state index is 5.64. The average molecular weight is 280 g/mol. The Hall–Kier alpha value is -0.0262. The van der Waals surface area contributed by atoms with Crippen LogP contribution in [0.4, 0.5) is 0 Å². The van der Waals surface area contributed by atoms with E-state index in [2.05, 4.69) is 6.58 Å². The fraction of sp³-hybridized carbons (Fsp3) is 0.800. The normalized spacial score (nSPS) is 12.5. The van der Waals surface area contributed by atoms with E-state index in [4.69, 9.17) is 22.1 Å². The molecule has 0 saturated heterocycles. The van der Waals surface area contributed by atoms with E-state index >= 15 is 0 Å². The molecule has 102 valence electrons. The first-order valence-electron chi connectivity index (χ1n) is 5.61. The molecule has 0 aliphatic rings. The standard InChI is InChI=1S/C10H24O5Si2/c1-10(2)9-14-7-6-8-16-15-17(11-3,12-4)13-5/h1,6-9,16H2,2-5H3. The number of rotatable bonds is 11. The van der Waals surface area contributed by atoms with Crippen LogP contribution >= 0.6 is 0 Å². The Balaban J connectivity index is 3.52. The molecule has 0 amide bonds. The number of hydrogen-bond acceptors (Lipinski definition) is 5. The minimum atomic E-state index is -2.80. The molecule has 0 atom stereocenters. The fourth-order valence-electron chi connectivity index (χ4n) is 1.18. The number of hydrogen-bond donors (Lipinski definition) is 0.